The summed E-state index contributed by atoms with van der Waals surface area (Å²) in [5, 5.41) is 2.47. The van der Waals surface area contributed by atoms with Crippen molar-refractivity contribution in [2.75, 3.05) is 20.3 Å². The molecule has 1 saturated heterocycles. The van der Waals surface area contributed by atoms with Crippen molar-refractivity contribution >= 4 is 41.7 Å². The zero-order chi connectivity index (χ0) is 28.3. The maximum absolute atomic E-state index is 12.5. The first-order valence-corrected chi connectivity index (χ1v) is 11.1. The molecule has 1 N–H and O–H groups in total. The second kappa shape index (κ2) is 14.7. The highest BCUT2D eigenvalue weighted by Crippen LogP contribution is 2.29. The Hall–Kier alpha value is -3.75. The molecule has 0 spiro atoms. The average molecular weight is 533 g/mol. The van der Waals surface area contributed by atoms with Gasteiger partial charge in [-0.2, -0.15) is 0 Å². The minimum atomic E-state index is -1.59. The first-order chi connectivity index (χ1) is 17.2. The number of carbonyl (C=O) groups is 7. The van der Waals surface area contributed by atoms with E-state index < -0.39 is 91.5 Å². The second-order valence-corrected chi connectivity index (χ2v) is 7.89. The van der Waals surface area contributed by atoms with Gasteiger partial charge in [-0.05, 0) is 0 Å². The van der Waals surface area contributed by atoms with E-state index in [2.05, 4.69) is 10.1 Å². The molecular weight excluding hydrogens is 502 g/mol. The Bertz CT molecular complexity index is 887. The summed E-state index contributed by atoms with van der Waals surface area (Å²) in [5.74, 6) is -5.74. The number of esters is 6. The smallest absolute Gasteiger partial charge is 0.335 e. The van der Waals surface area contributed by atoms with Crippen LogP contribution in [0.2, 0.25) is 0 Å². The van der Waals surface area contributed by atoms with Gasteiger partial charge in [0.15, 0.2) is 24.9 Å². The van der Waals surface area contributed by atoms with Crippen molar-refractivity contribution in [1.29, 1.82) is 0 Å². The minimum absolute atomic E-state index is 0.282. The van der Waals surface area contributed by atoms with E-state index in [9.17, 15) is 33.6 Å². The van der Waals surface area contributed by atoms with Crippen molar-refractivity contribution in [2.45, 2.75) is 77.6 Å². The molecule has 15 heteroatoms. The van der Waals surface area contributed by atoms with Crippen molar-refractivity contribution in [3.05, 3.63) is 0 Å². The van der Waals surface area contributed by atoms with E-state index in [-0.39, 0.29) is 6.42 Å². The molecule has 0 aliphatic carbocycles. The zero-order valence-electron chi connectivity index (χ0n) is 21.3. The van der Waals surface area contributed by atoms with Gasteiger partial charge in [0.25, 0.3) is 5.91 Å². The number of hydrogen-bond donors (Lipinski definition) is 1. The third-order valence-corrected chi connectivity index (χ3v) is 4.80. The number of hydrogen-bond acceptors (Lipinski definition) is 14. The fourth-order valence-corrected chi connectivity index (χ4v) is 3.52. The number of ether oxygens (including phenoxy) is 7. The molecule has 0 aromatic rings. The van der Waals surface area contributed by atoms with Crippen LogP contribution in [-0.2, 0) is 66.7 Å². The molecule has 0 bridgehead atoms. The number of amides is 1. The second-order valence-electron chi connectivity index (χ2n) is 7.89. The van der Waals surface area contributed by atoms with Gasteiger partial charge >= 0.3 is 35.8 Å². The maximum atomic E-state index is 12.5. The van der Waals surface area contributed by atoms with Gasteiger partial charge in [-0.15, -0.1) is 0 Å². The number of methoxy groups -OCH3 is 1. The minimum Gasteiger partial charge on any atom is -0.467 e. The lowest BCUT2D eigenvalue weighted by Gasteiger charge is -2.44. The quantitative estimate of drug-likeness (QED) is 0.243. The van der Waals surface area contributed by atoms with Crippen LogP contribution in [0.3, 0.4) is 0 Å². The van der Waals surface area contributed by atoms with E-state index in [0.29, 0.717) is 0 Å². The van der Waals surface area contributed by atoms with Gasteiger partial charge in [0.1, 0.15) is 18.8 Å². The first-order valence-electron chi connectivity index (χ1n) is 11.1. The fraction of sp³-hybridized carbons (Fsp3) is 0.682. The Morgan fingerprint density at radius 2 is 1.43 bits per heavy atom. The lowest BCUT2D eigenvalue weighted by molar-refractivity contribution is -0.218. The van der Waals surface area contributed by atoms with E-state index >= 15 is 0 Å². The summed E-state index contributed by atoms with van der Waals surface area (Å²) in [7, 11) is 1.08. The summed E-state index contributed by atoms with van der Waals surface area (Å²) < 4.78 is 36.0. The Morgan fingerprint density at radius 3 is 1.92 bits per heavy atom. The molecule has 0 radical (unpaired) electrons. The topological polar surface area (TPSA) is 196 Å². The van der Waals surface area contributed by atoms with Crippen LogP contribution in [0.1, 0.15) is 41.0 Å². The standard InChI is InChI=1S/C22H31NO14/c1-10(24)32-8-17(35-13(4)27)20(36-14(5)28)21-19(23-18(29)9-33-11(2)25)15(34-12(3)26)7-16(37-21)22(30)31-6/h15-17,19-21H,7-9H2,1-6H3,(H,23,29)/t15-,16?,17+,19+,20+,21+/m0/s1. The fourth-order valence-electron chi connectivity index (χ4n) is 3.52. The summed E-state index contributed by atoms with van der Waals surface area (Å²) in [6.45, 7) is 4.02. The number of rotatable bonds is 11. The van der Waals surface area contributed by atoms with Crippen LogP contribution in [-0.4, -0.2) is 98.6 Å². The molecule has 0 saturated carbocycles. The highest BCUT2D eigenvalue weighted by molar-refractivity contribution is 5.80. The predicted molar refractivity (Wildman–Crippen MR) is 117 cm³/mol. The summed E-state index contributed by atoms with van der Waals surface area (Å²) in [4.78, 5) is 83.1. The first kappa shape index (κ1) is 31.3. The van der Waals surface area contributed by atoms with Crippen LogP contribution in [0, 0.1) is 0 Å². The highest BCUT2D eigenvalue weighted by Gasteiger charge is 2.51. The molecule has 208 valence electrons. The molecule has 15 nitrogen and oxygen atoms in total. The molecule has 37 heavy (non-hydrogen) atoms. The van der Waals surface area contributed by atoms with Gasteiger partial charge in [0, 0.05) is 41.0 Å². The lowest BCUT2D eigenvalue weighted by atomic mass is 9.89. The molecule has 1 amide bonds. The van der Waals surface area contributed by atoms with Crippen LogP contribution in [0.5, 0.6) is 0 Å². The van der Waals surface area contributed by atoms with Crippen molar-refractivity contribution in [3.63, 3.8) is 0 Å². The number of nitrogens with one attached hydrogen (secondary N) is 1. The summed E-state index contributed by atoms with van der Waals surface area (Å²) in [5.41, 5.74) is 0. The van der Waals surface area contributed by atoms with Crippen LogP contribution in [0.15, 0.2) is 0 Å². The van der Waals surface area contributed by atoms with Gasteiger partial charge in [0.2, 0.25) is 0 Å². The summed E-state index contributed by atoms with van der Waals surface area (Å²) in [6.07, 6.45) is -7.48. The summed E-state index contributed by atoms with van der Waals surface area (Å²) in [6, 6.07) is -1.33. The van der Waals surface area contributed by atoms with Crippen molar-refractivity contribution < 1.29 is 66.7 Å². The van der Waals surface area contributed by atoms with E-state index in [0.717, 1.165) is 41.7 Å². The molecular formula is C22H31NO14. The zero-order valence-corrected chi connectivity index (χ0v) is 21.3. The van der Waals surface area contributed by atoms with Gasteiger partial charge < -0.3 is 38.5 Å². The van der Waals surface area contributed by atoms with Crippen LogP contribution in [0.4, 0.5) is 0 Å². The lowest BCUT2D eigenvalue weighted by Crippen LogP contribution is -2.65. The van der Waals surface area contributed by atoms with Gasteiger partial charge in [-0.25, -0.2) is 4.79 Å². The third-order valence-electron chi connectivity index (χ3n) is 4.80. The Kier molecular flexibility index (Phi) is 12.4. The molecule has 1 unspecified atom stereocenters. The Labute approximate surface area is 212 Å². The summed E-state index contributed by atoms with van der Waals surface area (Å²) >= 11 is 0. The molecule has 1 aliphatic rings. The molecule has 0 aromatic heterocycles. The molecule has 1 rings (SSSR count). The van der Waals surface area contributed by atoms with E-state index in [1.807, 2.05) is 0 Å². The molecule has 1 fully saturated rings. The molecule has 6 atom stereocenters. The van der Waals surface area contributed by atoms with Gasteiger partial charge in [0.05, 0.1) is 13.2 Å². The third kappa shape index (κ3) is 10.8. The molecule has 0 aromatic carbocycles. The van der Waals surface area contributed by atoms with Crippen LogP contribution < -0.4 is 5.32 Å². The normalized spacial score (nSPS) is 22.3. The largest absolute Gasteiger partial charge is 0.467 e. The van der Waals surface area contributed by atoms with Gasteiger partial charge in [-0.1, -0.05) is 0 Å². The van der Waals surface area contributed by atoms with Crippen LogP contribution >= 0.6 is 0 Å². The maximum Gasteiger partial charge on any atom is 0.335 e. The Balaban J connectivity index is 3.57. The monoisotopic (exact) mass is 533 g/mol. The average Bonchev–Trinajstić information content (AvgIpc) is 2.78. The highest BCUT2D eigenvalue weighted by atomic mass is 16.6. The van der Waals surface area contributed by atoms with E-state index in [1.54, 1.807) is 0 Å². The SMILES string of the molecule is COC(=O)C1C[C@H](OC(C)=O)[C@@H](NC(=O)COC(C)=O)[C@H]([C@H](OC(C)=O)[C@@H](COC(C)=O)OC(C)=O)O1. The van der Waals surface area contributed by atoms with Crippen LogP contribution in [0.25, 0.3) is 0 Å². The van der Waals surface area contributed by atoms with Gasteiger partial charge in [-0.3, -0.25) is 28.8 Å². The predicted octanol–water partition coefficient (Wildman–Crippen LogP) is -1.28. The molecule has 1 heterocycles. The van der Waals surface area contributed by atoms with E-state index in [4.69, 9.17) is 28.4 Å². The van der Waals surface area contributed by atoms with Crippen molar-refractivity contribution in [2.24, 2.45) is 0 Å². The van der Waals surface area contributed by atoms with Crippen molar-refractivity contribution in [1.82, 2.24) is 5.32 Å². The van der Waals surface area contributed by atoms with E-state index in [1.165, 1.54) is 0 Å². The molecule has 1 aliphatic heterocycles. The van der Waals surface area contributed by atoms with Crippen molar-refractivity contribution in [3.8, 4) is 0 Å². The number of carbonyl (C=O) groups excluding carboxylic acids is 7. The Morgan fingerprint density at radius 1 is 0.838 bits per heavy atom.